The number of hydrogen-bond donors (Lipinski definition) is 0. The first kappa shape index (κ1) is 17.2. The molecule has 0 amide bonds. The molecule has 2 aromatic carbocycles. The van der Waals surface area contributed by atoms with Crippen LogP contribution in [0.25, 0.3) is 21.6 Å². The Morgan fingerprint density at radius 2 is 1.69 bits per heavy atom. The van der Waals surface area contributed by atoms with E-state index in [0.717, 1.165) is 17.2 Å². The molecule has 0 unspecified atom stereocenters. The van der Waals surface area contributed by atoms with Crippen molar-refractivity contribution in [3.05, 3.63) is 65.0 Å². The summed E-state index contributed by atoms with van der Waals surface area (Å²) < 4.78 is 29.3. The number of nitrogens with zero attached hydrogens (tertiary/aromatic N) is 1. The van der Waals surface area contributed by atoms with Gasteiger partial charge in [0.25, 0.3) is 0 Å². The van der Waals surface area contributed by atoms with Crippen molar-refractivity contribution in [3.8, 4) is 21.6 Å². The van der Waals surface area contributed by atoms with E-state index in [2.05, 4.69) is 28.4 Å². The summed E-state index contributed by atoms with van der Waals surface area (Å²) >= 11 is 6.17. The Balaban J connectivity index is 1.65. The highest BCUT2D eigenvalue weighted by molar-refractivity contribution is 7.78. The number of halogens is 2. The molecule has 1 aliphatic rings. The Labute approximate surface area is 160 Å². The molecule has 1 fully saturated rings. The van der Waals surface area contributed by atoms with E-state index in [9.17, 15) is 8.78 Å². The summed E-state index contributed by atoms with van der Waals surface area (Å²) in [6, 6.07) is 13.4. The van der Waals surface area contributed by atoms with Crippen molar-refractivity contribution in [1.29, 1.82) is 0 Å². The normalized spacial score (nSPS) is 13.5. The Bertz CT molecular complexity index is 974. The quantitative estimate of drug-likeness (QED) is 0.340. The van der Waals surface area contributed by atoms with Gasteiger partial charge in [0.15, 0.2) is 0 Å². The van der Waals surface area contributed by atoms with Gasteiger partial charge in [0.2, 0.25) is 0 Å². The lowest BCUT2D eigenvalue weighted by Gasteiger charge is -2.08. The second kappa shape index (κ2) is 7.20. The average molecular weight is 383 g/mol. The van der Waals surface area contributed by atoms with Gasteiger partial charge in [-0.1, -0.05) is 12.1 Å². The van der Waals surface area contributed by atoms with Crippen molar-refractivity contribution in [2.45, 2.75) is 19.3 Å². The molecule has 0 bridgehead atoms. The average Bonchev–Trinajstić information content (AvgIpc) is 3.30. The van der Waals surface area contributed by atoms with Crippen molar-refractivity contribution in [3.63, 3.8) is 0 Å². The van der Waals surface area contributed by atoms with Crippen LogP contribution in [0.3, 0.4) is 0 Å². The molecule has 0 saturated heterocycles. The van der Waals surface area contributed by atoms with E-state index in [4.69, 9.17) is 0 Å². The fraction of sp³-hybridized carbons (Fsp3) is 0.190. The zero-order chi connectivity index (χ0) is 18.1. The van der Waals surface area contributed by atoms with Crippen LogP contribution in [0.4, 0.5) is 14.5 Å². The molecule has 1 heterocycles. The van der Waals surface area contributed by atoms with Crippen molar-refractivity contribution in [2.75, 3.05) is 0 Å². The molecule has 3 aromatic rings. The Kier molecular flexibility index (Phi) is 4.77. The topological polar surface area (TPSA) is 12.4 Å². The minimum absolute atomic E-state index is 0.0265. The third-order valence-corrected chi connectivity index (χ3v) is 5.75. The molecule has 0 spiro atoms. The molecule has 130 valence electrons. The van der Waals surface area contributed by atoms with Crippen LogP contribution in [0.1, 0.15) is 17.7 Å². The maximum atomic E-state index is 14.7. The van der Waals surface area contributed by atoms with Gasteiger partial charge in [-0.3, -0.25) is 0 Å². The fourth-order valence-electron chi connectivity index (χ4n) is 3.00. The van der Waals surface area contributed by atoms with Gasteiger partial charge in [-0.2, -0.15) is 4.99 Å². The Morgan fingerprint density at radius 1 is 1.00 bits per heavy atom. The Hall–Kier alpha value is -2.20. The molecule has 1 saturated carbocycles. The van der Waals surface area contributed by atoms with Crippen LogP contribution in [0.2, 0.25) is 0 Å². The summed E-state index contributed by atoms with van der Waals surface area (Å²) in [6.45, 7) is 0. The number of isothiocyanates is 1. The lowest BCUT2D eigenvalue weighted by molar-refractivity contribution is 0.590. The van der Waals surface area contributed by atoms with E-state index in [1.807, 2.05) is 6.07 Å². The minimum atomic E-state index is -0.566. The van der Waals surface area contributed by atoms with E-state index < -0.39 is 11.6 Å². The van der Waals surface area contributed by atoms with Gasteiger partial charge in [-0.15, -0.1) is 11.3 Å². The first-order valence-electron chi connectivity index (χ1n) is 8.40. The van der Waals surface area contributed by atoms with Gasteiger partial charge in [0, 0.05) is 9.75 Å². The number of rotatable bonds is 5. The second-order valence-electron chi connectivity index (χ2n) is 6.48. The summed E-state index contributed by atoms with van der Waals surface area (Å²) in [4.78, 5) is 6.02. The largest absolute Gasteiger partial charge is 0.206 e. The van der Waals surface area contributed by atoms with Gasteiger partial charge in [-0.05, 0) is 84.9 Å². The lowest BCUT2D eigenvalue weighted by Crippen LogP contribution is -1.91. The van der Waals surface area contributed by atoms with Gasteiger partial charge >= 0.3 is 0 Å². The minimum Gasteiger partial charge on any atom is -0.206 e. The Morgan fingerprint density at radius 3 is 2.31 bits per heavy atom. The lowest BCUT2D eigenvalue weighted by atomic mass is 10.0. The van der Waals surface area contributed by atoms with Crippen molar-refractivity contribution in [1.82, 2.24) is 0 Å². The van der Waals surface area contributed by atoms with Crippen LogP contribution < -0.4 is 0 Å². The molecule has 4 rings (SSSR count). The first-order chi connectivity index (χ1) is 12.6. The van der Waals surface area contributed by atoms with Gasteiger partial charge in [-0.25, -0.2) is 8.78 Å². The van der Waals surface area contributed by atoms with Crippen molar-refractivity contribution < 1.29 is 8.78 Å². The third kappa shape index (κ3) is 3.65. The van der Waals surface area contributed by atoms with E-state index in [-0.39, 0.29) is 5.56 Å². The summed E-state index contributed by atoms with van der Waals surface area (Å²) in [7, 11) is 0. The van der Waals surface area contributed by atoms with Gasteiger partial charge < -0.3 is 0 Å². The number of thiophene rings is 1. The first-order valence-corrected chi connectivity index (χ1v) is 9.63. The van der Waals surface area contributed by atoms with Crippen LogP contribution in [0.15, 0.2) is 53.5 Å². The molecule has 0 N–H and O–H groups in total. The highest BCUT2D eigenvalue weighted by Gasteiger charge is 2.22. The maximum absolute atomic E-state index is 14.7. The van der Waals surface area contributed by atoms with E-state index in [1.165, 1.54) is 29.9 Å². The van der Waals surface area contributed by atoms with Crippen molar-refractivity contribution in [2.24, 2.45) is 10.9 Å². The van der Waals surface area contributed by atoms with E-state index in [1.54, 1.807) is 35.6 Å². The van der Waals surface area contributed by atoms with E-state index in [0.29, 0.717) is 16.8 Å². The smallest absolute Gasteiger partial charge is 0.134 e. The second-order valence-corrected chi connectivity index (χ2v) is 7.83. The fourth-order valence-corrected chi connectivity index (χ4v) is 4.21. The SMILES string of the molecule is Fc1cc(-c2ccc(CC3CC3)s2)cc(F)c1-c1ccc(N=C=S)cc1. The summed E-state index contributed by atoms with van der Waals surface area (Å²) in [5, 5.41) is 2.27. The molecule has 0 radical (unpaired) electrons. The van der Waals surface area contributed by atoms with Crippen LogP contribution in [0.5, 0.6) is 0 Å². The molecule has 1 aromatic heterocycles. The molecule has 5 heteroatoms. The van der Waals surface area contributed by atoms with Crippen LogP contribution >= 0.6 is 23.6 Å². The number of benzene rings is 2. The zero-order valence-electron chi connectivity index (χ0n) is 13.8. The molecule has 0 atom stereocenters. The summed E-state index contributed by atoms with van der Waals surface area (Å²) in [5.41, 5.74) is 1.62. The maximum Gasteiger partial charge on any atom is 0.134 e. The molecule has 1 aliphatic carbocycles. The third-order valence-electron chi connectivity index (χ3n) is 4.51. The molecular formula is C21H15F2NS2. The molecular weight excluding hydrogens is 368 g/mol. The highest BCUT2D eigenvalue weighted by Crippen LogP contribution is 2.38. The van der Waals surface area contributed by atoms with E-state index >= 15 is 0 Å². The van der Waals surface area contributed by atoms with Crippen molar-refractivity contribution >= 4 is 34.4 Å². The standard InChI is InChI=1S/C21H15F2NS2/c22-18-10-15(20-8-7-17(26-20)9-13-1-2-13)11-19(23)21(18)14-3-5-16(6-4-14)24-12-25/h3-8,10-11,13H,1-2,9H2. The highest BCUT2D eigenvalue weighted by atomic mass is 32.1. The van der Waals surface area contributed by atoms with Crippen LogP contribution in [-0.2, 0) is 6.42 Å². The molecule has 26 heavy (non-hydrogen) atoms. The molecule has 1 nitrogen and oxygen atoms in total. The predicted molar refractivity (Wildman–Crippen MR) is 106 cm³/mol. The number of aliphatic imine (C=N–C) groups is 1. The van der Waals surface area contributed by atoms with Gasteiger partial charge in [0.1, 0.15) is 11.6 Å². The van der Waals surface area contributed by atoms with Crippen LogP contribution in [-0.4, -0.2) is 5.16 Å². The predicted octanol–water partition coefficient (Wildman–Crippen LogP) is 7.05. The zero-order valence-corrected chi connectivity index (χ0v) is 15.5. The van der Waals surface area contributed by atoms with Gasteiger partial charge in [0.05, 0.1) is 16.4 Å². The van der Waals surface area contributed by atoms with Crippen LogP contribution in [0, 0.1) is 17.6 Å². The summed E-state index contributed by atoms with van der Waals surface area (Å²) in [6.07, 6.45) is 3.66. The molecule has 0 aliphatic heterocycles. The summed E-state index contributed by atoms with van der Waals surface area (Å²) in [5.74, 6) is -0.339. The number of thiocarbonyl (C=S) groups is 1. The monoisotopic (exact) mass is 383 g/mol. The number of hydrogen-bond acceptors (Lipinski definition) is 3.